The number of carboxylic acids is 1. The quantitative estimate of drug-likeness (QED) is 0.181. The Bertz CT molecular complexity index is 652. The van der Waals surface area contributed by atoms with Gasteiger partial charge in [-0.25, -0.2) is 4.79 Å². The van der Waals surface area contributed by atoms with Crippen molar-refractivity contribution in [1.82, 2.24) is 16.0 Å². The molecule has 0 aromatic carbocycles. The molecular weight excluding hydrogens is 420 g/mol. The fraction of sp³-hybridized carbons (Fsp3) is 0.810. The number of aliphatic hydroxyl groups is 2. The SMILES string of the molecule is CC(C)CC(N)C(O)C(=O)NC(C(=O)NC(C(=O)N[C@H](C(=O)O)[C@@H](C)O)C(C)C)C(C)C. The largest absolute Gasteiger partial charge is 0.480 e. The van der Waals surface area contributed by atoms with Crippen LogP contribution in [0, 0.1) is 17.8 Å². The van der Waals surface area contributed by atoms with Crippen molar-refractivity contribution < 1.29 is 34.5 Å². The maximum Gasteiger partial charge on any atom is 0.328 e. The zero-order valence-electron chi connectivity index (χ0n) is 20.0. The molecule has 6 atom stereocenters. The summed E-state index contributed by atoms with van der Waals surface area (Å²) in [5.74, 6) is -4.30. The van der Waals surface area contributed by atoms with Crippen molar-refractivity contribution in [3.63, 3.8) is 0 Å². The minimum atomic E-state index is -1.54. The van der Waals surface area contributed by atoms with E-state index in [9.17, 15) is 29.4 Å². The molecule has 0 saturated heterocycles. The van der Waals surface area contributed by atoms with Gasteiger partial charge in [-0.15, -0.1) is 0 Å². The second-order valence-corrected chi connectivity index (χ2v) is 9.26. The Balaban J connectivity index is 5.39. The van der Waals surface area contributed by atoms with Crippen LogP contribution in [-0.4, -0.2) is 75.4 Å². The fourth-order valence-electron chi connectivity index (χ4n) is 3.05. The Morgan fingerprint density at radius 2 is 1.09 bits per heavy atom. The highest BCUT2D eigenvalue weighted by Gasteiger charge is 2.35. The zero-order chi connectivity index (χ0) is 25.3. The lowest BCUT2D eigenvalue weighted by molar-refractivity contribution is -0.145. The lowest BCUT2D eigenvalue weighted by Gasteiger charge is -2.29. The summed E-state index contributed by atoms with van der Waals surface area (Å²) in [7, 11) is 0. The first-order chi connectivity index (χ1) is 14.6. The topological polar surface area (TPSA) is 191 Å². The lowest BCUT2D eigenvalue weighted by Crippen LogP contribution is -2.60. The summed E-state index contributed by atoms with van der Waals surface area (Å²) < 4.78 is 0. The van der Waals surface area contributed by atoms with Gasteiger partial charge in [0.15, 0.2) is 6.04 Å². The van der Waals surface area contributed by atoms with Gasteiger partial charge in [0, 0.05) is 6.04 Å². The van der Waals surface area contributed by atoms with Crippen molar-refractivity contribution in [2.24, 2.45) is 23.5 Å². The average molecular weight is 461 g/mol. The van der Waals surface area contributed by atoms with Crippen LogP contribution in [0.5, 0.6) is 0 Å². The smallest absolute Gasteiger partial charge is 0.328 e. The molecule has 0 fully saturated rings. The molecule has 186 valence electrons. The molecule has 3 amide bonds. The van der Waals surface area contributed by atoms with Gasteiger partial charge in [-0.3, -0.25) is 14.4 Å². The van der Waals surface area contributed by atoms with Gasteiger partial charge in [-0.1, -0.05) is 41.5 Å². The van der Waals surface area contributed by atoms with E-state index >= 15 is 0 Å². The highest BCUT2D eigenvalue weighted by Crippen LogP contribution is 2.10. The van der Waals surface area contributed by atoms with Gasteiger partial charge in [0.2, 0.25) is 11.8 Å². The molecule has 0 aromatic rings. The Morgan fingerprint density at radius 1 is 0.719 bits per heavy atom. The average Bonchev–Trinajstić information content (AvgIpc) is 2.65. The van der Waals surface area contributed by atoms with Crippen LogP contribution in [0.4, 0.5) is 0 Å². The molecular formula is C21H40N4O7. The van der Waals surface area contributed by atoms with Crippen LogP contribution in [0.25, 0.3) is 0 Å². The molecule has 0 spiro atoms. The second-order valence-electron chi connectivity index (χ2n) is 9.26. The summed E-state index contributed by atoms with van der Waals surface area (Å²) >= 11 is 0. The van der Waals surface area contributed by atoms with E-state index in [0.29, 0.717) is 6.42 Å². The van der Waals surface area contributed by atoms with Crippen molar-refractivity contribution in [3.8, 4) is 0 Å². The number of nitrogens with one attached hydrogen (secondary N) is 3. The van der Waals surface area contributed by atoms with Crippen molar-refractivity contribution >= 4 is 23.7 Å². The van der Waals surface area contributed by atoms with Crippen molar-refractivity contribution in [2.75, 3.05) is 0 Å². The lowest BCUT2D eigenvalue weighted by atomic mass is 9.97. The molecule has 0 aromatic heterocycles. The molecule has 0 radical (unpaired) electrons. The Kier molecular flexibility index (Phi) is 12.4. The van der Waals surface area contributed by atoms with Crippen LogP contribution in [0.2, 0.25) is 0 Å². The van der Waals surface area contributed by atoms with Crippen LogP contribution in [-0.2, 0) is 19.2 Å². The third-order valence-corrected chi connectivity index (χ3v) is 4.96. The van der Waals surface area contributed by atoms with E-state index in [1.54, 1.807) is 27.7 Å². The van der Waals surface area contributed by atoms with Crippen LogP contribution in [0.1, 0.15) is 54.9 Å². The van der Waals surface area contributed by atoms with Crippen molar-refractivity contribution in [2.45, 2.75) is 91.3 Å². The van der Waals surface area contributed by atoms with E-state index in [1.807, 2.05) is 13.8 Å². The van der Waals surface area contributed by atoms with Gasteiger partial charge in [-0.05, 0) is 31.1 Å². The number of aliphatic carboxylic acids is 1. The van der Waals surface area contributed by atoms with Crippen molar-refractivity contribution in [3.05, 3.63) is 0 Å². The van der Waals surface area contributed by atoms with Gasteiger partial charge < -0.3 is 37.0 Å². The third-order valence-electron chi connectivity index (χ3n) is 4.96. The number of hydrogen-bond acceptors (Lipinski definition) is 7. The maximum atomic E-state index is 12.9. The van der Waals surface area contributed by atoms with Gasteiger partial charge >= 0.3 is 5.97 Å². The maximum absolute atomic E-state index is 12.9. The van der Waals surface area contributed by atoms with Gasteiger partial charge in [0.05, 0.1) is 6.10 Å². The molecule has 32 heavy (non-hydrogen) atoms. The van der Waals surface area contributed by atoms with Crippen LogP contribution < -0.4 is 21.7 Å². The minimum absolute atomic E-state index is 0.165. The summed E-state index contributed by atoms with van der Waals surface area (Å²) in [4.78, 5) is 49.2. The van der Waals surface area contributed by atoms with E-state index in [-0.39, 0.29) is 11.8 Å². The molecule has 0 aliphatic carbocycles. The van der Waals surface area contributed by atoms with Gasteiger partial charge in [0.1, 0.15) is 18.2 Å². The van der Waals surface area contributed by atoms with E-state index in [0.717, 1.165) is 0 Å². The number of hydrogen-bond donors (Lipinski definition) is 7. The number of carbonyl (C=O) groups excluding carboxylic acids is 3. The minimum Gasteiger partial charge on any atom is -0.480 e. The van der Waals surface area contributed by atoms with Gasteiger partial charge in [0.25, 0.3) is 5.91 Å². The van der Waals surface area contributed by atoms with Crippen molar-refractivity contribution in [1.29, 1.82) is 0 Å². The summed E-state index contributed by atoms with van der Waals surface area (Å²) in [5, 5.41) is 36.2. The number of amides is 3. The number of carbonyl (C=O) groups is 4. The zero-order valence-corrected chi connectivity index (χ0v) is 20.0. The molecule has 0 rings (SSSR count). The fourth-order valence-corrected chi connectivity index (χ4v) is 3.05. The van der Waals surface area contributed by atoms with Crippen LogP contribution in [0.15, 0.2) is 0 Å². The molecule has 0 saturated carbocycles. The normalized spacial score (nSPS) is 17.3. The van der Waals surface area contributed by atoms with E-state index in [1.165, 1.54) is 6.92 Å². The summed E-state index contributed by atoms with van der Waals surface area (Å²) in [6.45, 7) is 11.7. The molecule has 4 unspecified atom stereocenters. The number of rotatable bonds is 13. The molecule has 0 aliphatic rings. The van der Waals surface area contributed by atoms with E-state index in [2.05, 4.69) is 16.0 Å². The highest BCUT2D eigenvalue weighted by atomic mass is 16.4. The van der Waals surface area contributed by atoms with Crippen LogP contribution in [0.3, 0.4) is 0 Å². The monoisotopic (exact) mass is 460 g/mol. The molecule has 0 aliphatic heterocycles. The molecule has 0 bridgehead atoms. The first kappa shape index (κ1) is 29.8. The number of nitrogens with two attached hydrogens (primary N) is 1. The number of aliphatic hydroxyl groups excluding tert-OH is 2. The highest BCUT2D eigenvalue weighted by molar-refractivity contribution is 5.94. The summed E-state index contributed by atoms with van der Waals surface area (Å²) in [5.41, 5.74) is 5.87. The third kappa shape index (κ3) is 9.49. The predicted molar refractivity (Wildman–Crippen MR) is 118 cm³/mol. The summed E-state index contributed by atoms with van der Waals surface area (Å²) in [6.07, 6.45) is -2.44. The van der Waals surface area contributed by atoms with E-state index < -0.39 is 66.0 Å². The standard InChI is InChI=1S/C21H40N4O7/c1-9(2)8-13(22)17(27)20(30)24-15(11(5)6)18(28)23-14(10(3)4)19(29)25-16(12(7)26)21(31)32/h9-17,26-27H,8,22H2,1-7H3,(H,23,28)(H,24,30)(H,25,29)(H,31,32)/t12-,13?,14?,15?,16+,17?/m1/s1. The summed E-state index contributed by atoms with van der Waals surface area (Å²) in [6, 6.07) is -4.52. The van der Waals surface area contributed by atoms with E-state index in [4.69, 9.17) is 10.8 Å². The first-order valence-electron chi connectivity index (χ1n) is 10.9. The Hall–Kier alpha value is -2.24. The molecule has 11 nitrogen and oxygen atoms in total. The van der Waals surface area contributed by atoms with Crippen LogP contribution >= 0.6 is 0 Å². The molecule has 8 N–H and O–H groups in total. The Labute approximate surface area is 189 Å². The predicted octanol–water partition coefficient (Wildman–Crippen LogP) is -1.05. The first-order valence-corrected chi connectivity index (χ1v) is 10.9. The number of carboxylic acid groups (broad SMARTS) is 1. The van der Waals surface area contributed by atoms with Gasteiger partial charge in [-0.2, -0.15) is 0 Å². The molecule has 0 heterocycles. The Morgan fingerprint density at radius 3 is 1.41 bits per heavy atom. The second kappa shape index (κ2) is 13.3. The molecule has 11 heteroatoms.